The second-order valence-electron chi connectivity index (χ2n) is 3.22. The molecule has 0 aliphatic heterocycles. The van der Waals surface area contributed by atoms with E-state index >= 15 is 0 Å². The van der Waals surface area contributed by atoms with E-state index in [0.29, 0.717) is 12.2 Å². The van der Waals surface area contributed by atoms with Crippen molar-refractivity contribution in [2.45, 2.75) is 6.92 Å². The molecule has 16 heavy (non-hydrogen) atoms. The zero-order valence-corrected chi connectivity index (χ0v) is 8.96. The quantitative estimate of drug-likeness (QED) is 0.737. The van der Waals surface area contributed by atoms with E-state index in [0.717, 1.165) is 5.69 Å². The summed E-state index contributed by atoms with van der Waals surface area (Å²) < 4.78 is 6.63. The Morgan fingerprint density at radius 1 is 1.44 bits per heavy atom. The average Bonchev–Trinajstić information content (AvgIpc) is 2.83. The zero-order valence-electron chi connectivity index (χ0n) is 8.96. The topological polar surface area (TPSA) is 44.1 Å². The van der Waals surface area contributed by atoms with Crippen molar-refractivity contribution in [1.82, 2.24) is 9.78 Å². The van der Waals surface area contributed by atoms with Gasteiger partial charge >= 0.3 is 5.97 Å². The third-order valence-corrected chi connectivity index (χ3v) is 2.13. The number of rotatable bonds is 3. The Hall–Kier alpha value is -2.10. The number of nitrogens with zero attached hydrogens (tertiary/aromatic N) is 2. The van der Waals surface area contributed by atoms with Gasteiger partial charge in [-0.15, -0.1) is 0 Å². The summed E-state index contributed by atoms with van der Waals surface area (Å²) >= 11 is 0. The van der Waals surface area contributed by atoms with E-state index in [2.05, 4.69) is 5.10 Å². The summed E-state index contributed by atoms with van der Waals surface area (Å²) in [5.74, 6) is -0.309. The molecule has 1 aromatic heterocycles. The number of carbonyl (C=O) groups excluding carboxylic acids is 1. The fraction of sp³-hybridized carbons (Fsp3) is 0.167. The van der Waals surface area contributed by atoms with Crippen LogP contribution in [0.5, 0.6) is 0 Å². The van der Waals surface area contributed by atoms with Crippen molar-refractivity contribution < 1.29 is 9.53 Å². The van der Waals surface area contributed by atoms with Gasteiger partial charge in [0.1, 0.15) is 0 Å². The van der Waals surface area contributed by atoms with Crippen LogP contribution in [0.4, 0.5) is 0 Å². The number of hydrogen-bond donors (Lipinski definition) is 0. The Morgan fingerprint density at radius 3 is 3.00 bits per heavy atom. The zero-order chi connectivity index (χ0) is 11.4. The Morgan fingerprint density at radius 2 is 2.31 bits per heavy atom. The van der Waals surface area contributed by atoms with Crippen LogP contribution in [0.15, 0.2) is 42.7 Å². The van der Waals surface area contributed by atoms with Crippen LogP contribution < -0.4 is 0 Å². The van der Waals surface area contributed by atoms with E-state index in [1.807, 2.05) is 24.4 Å². The average molecular weight is 216 g/mol. The molecular formula is C12H12N2O2. The smallest absolute Gasteiger partial charge is 0.338 e. The fourth-order valence-electron chi connectivity index (χ4n) is 1.41. The number of benzene rings is 1. The van der Waals surface area contributed by atoms with Gasteiger partial charge in [0.15, 0.2) is 0 Å². The van der Waals surface area contributed by atoms with Crippen LogP contribution in [-0.4, -0.2) is 22.4 Å². The second kappa shape index (κ2) is 4.61. The van der Waals surface area contributed by atoms with Gasteiger partial charge in [-0.3, -0.25) is 0 Å². The summed E-state index contributed by atoms with van der Waals surface area (Å²) in [7, 11) is 0. The molecule has 0 saturated heterocycles. The Bertz CT molecular complexity index is 478. The predicted octanol–water partition coefficient (Wildman–Crippen LogP) is 2.05. The van der Waals surface area contributed by atoms with Gasteiger partial charge in [-0.1, -0.05) is 6.07 Å². The van der Waals surface area contributed by atoms with Crippen molar-refractivity contribution in [1.29, 1.82) is 0 Å². The van der Waals surface area contributed by atoms with Gasteiger partial charge in [0.2, 0.25) is 0 Å². The number of aromatic nitrogens is 2. The van der Waals surface area contributed by atoms with Crippen molar-refractivity contribution in [2.24, 2.45) is 0 Å². The van der Waals surface area contributed by atoms with Crippen LogP contribution >= 0.6 is 0 Å². The fourth-order valence-corrected chi connectivity index (χ4v) is 1.41. The molecule has 2 aromatic rings. The van der Waals surface area contributed by atoms with Gasteiger partial charge in [0.05, 0.1) is 17.9 Å². The summed E-state index contributed by atoms with van der Waals surface area (Å²) in [6.45, 7) is 2.17. The minimum atomic E-state index is -0.309. The lowest BCUT2D eigenvalue weighted by Gasteiger charge is -2.04. The molecule has 4 nitrogen and oxygen atoms in total. The maximum atomic E-state index is 11.5. The van der Waals surface area contributed by atoms with Crippen molar-refractivity contribution in [2.75, 3.05) is 6.61 Å². The predicted molar refractivity (Wildman–Crippen MR) is 59.5 cm³/mol. The number of esters is 1. The van der Waals surface area contributed by atoms with Crippen LogP contribution in [-0.2, 0) is 4.74 Å². The van der Waals surface area contributed by atoms with Crippen molar-refractivity contribution in [3.05, 3.63) is 48.3 Å². The summed E-state index contributed by atoms with van der Waals surface area (Å²) in [6, 6.07) is 9.01. The first-order chi connectivity index (χ1) is 7.81. The van der Waals surface area contributed by atoms with E-state index in [1.165, 1.54) is 0 Å². The molecular weight excluding hydrogens is 204 g/mol. The van der Waals surface area contributed by atoms with Gasteiger partial charge in [0, 0.05) is 12.4 Å². The number of carbonyl (C=O) groups is 1. The molecule has 82 valence electrons. The number of ether oxygens (including phenoxy) is 1. The molecule has 0 fully saturated rings. The molecule has 0 radical (unpaired) electrons. The maximum Gasteiger partial charge on any atom is 0.338 e. The summed E-state index contributed by atoms with van der Waals surface area (Å²) in [4.78, 5) is 11.5. The lowest BCUT2D eigenvalue weighted by molar-refractivity contribution is 0.0526. The molecule has 0 aliphatic carbocycles. The van der Waals surface area contributed by atoms with Gasteiger partial charge < -0.3 is 4.74 Å². The van der Waals surface area contributed by atoms with Gasteiger partial charge in [-0.05, 0) is 31.2 Å². The van der Waals surface area contributed by atoms with Crippen LogP contribution in [0.1, 0.15) is 17.3 Å². The highest BCUT2D eigenvalue weighted by atomic mass is 16.5. The first kappa shape index (κ1) is 10.4. The molecule has 1 aromatic carbocycles. The molecule has 0 spiro atoms. The van der Waals surface area contributed by atoms with Crippen LogP contribution in [0.3, 0.4) is 0 Å². The van der Waals surface area contributed by atoms with Crippen molar-refractivity contribution in [3.63, 3.8) is 0 Å². The maximum absolute atomic E-state index is 11.5. The highest BCUT2D eigenvalue weighted by Gasteiger charge is 2.07. The molecule has 0 N–H and O–H groups in total. The first-order valence-electron chi connectivity index (χ1n) is 5.08. The Balaban J connectivity index is 2.30. The lowest BCUT2D eigenvalue weighted by atomic mass is 10.2. The molecule has 0 aliphatic rings. The Kier molecular flexibility index (Phi) is 3.00. The molecule has 0 unspecified atom stereocenters. The van der Waals surface area contributed by atoms with E-state index in [4.69, 9.17) is 4.74 Å². The van der Waals surface area contributed by atoms with E-state index in [9.17, 15) is 4.79 Å². The minimum absolute atomic E-state index is 0.309. The summed E-state index contributed by atoms with van der Waals surface area (Å²) in [6.07, 6.45) is 3.52. The van der Waals surface area contributed by atoms with Crippen LogP contribution in [0, 0.1) is 0 Å². The van der Waals surface area contributed by atoms with Gasteiger partial charge in [-0.2, -0.15) is 5.10 Å². The molecule has 0 bridgehead atoms. The van der Waals surface area contributed by atoms with Crippen LogP contribution in [0.2, 0.25) is 0 Å². The van der Waals surface area contributed by atoms with E-state index in [-0.39, 0.29) is 5.97 Å². The van der Waals surface area contributed by atoms with E-state index < -0.39 is 0 Å². The van der Waals surface area contributed by atoms with Crippen molar-refractivity contribution in [3.8, 4) is 5.69 Å². The second-order valence-corrected chi connectivity index (χ2v) is 3.22. The highest BCUT2D eigenvalue weighted by Crippen LogP contribution is 2.10. The standard InChI is InChI=1S/C12H12N2O2/c1-2-16-12(15)10-5-3-6-11(9-10)14-8-4-7-13-14/h3-9H,2H2,1H3. The molecule has 0 amide bonds. The molecule has 0 saturated carbocycles. The van der Waals surface area contributed by atoms with Gasteiger partial charge in [0.25, 0.3) is 0 Å². The minimum Gasteiger partial charge on any atom is -0.462 e. The molecule has 0 atom stereocenters. The third-order valence-electron chi connectivity index (χ3n) is 2.13. The lowest BCUT2D eigenvalue weighted by Crippen LogP contribution is -2.05. The first-order valence-corrected chi connectivity index (χ1v) is 5.08. The monoisotopic (exact) mass is 216 g/mol. The molecule has 4 heteroatoms. The largest absolute Gasteiger partial charge is 0.462 e. The van der Waals surface area contributed by atoms with Gasteiger partial charge in [-0.25, -0.2) is 9.48 Å². The van der Waals surface area contributed by atoms with Crippen LogP contribution in [0.25, 0.3) is 5.69 Å². The highest BCUT2D eigenvalue weighted by molar-refractivity contribution is 5.90. The third kappa shape index (κ3) is 2.11. The van der Waals surface area contributed by atoms with E-state index in [1.54, 1.807) is 29.9 Å². The van der Waals surface area contributed by atoms with Crippen molar-refractivity contribution >= 4 is 5.97 Å². The Labute approximate surface area is 93.5 Å². The summed E-state index contributed by atoms with van der Waals surface area (Å²) in [5, 5.41) is 4.10. The molecule has 1 heterocycles. The normalized spacial score (nSPS) is 10.1. The number of hydrogen-bond acceptors (Lipinski definition) is 3. The summed E-state index contributed by atoms with van der Waals surface area (Å²) in [5.41, 5.74) is 1.38. The SMILES string of the molecule is CCOC(=O)c1cccc(-n2cccn2)c1. The molecule has 2 rings (SSSR count).